The molecule has 0 heterocycles. The third kappa shape index (κ3) is 5.36. The van der Waals surface area contributed by atoms with Crippen molar-refractivity contribution in [3.8, 4) is 11.5 Å². The molecule has 2 aromatic carbocycles. The lowest BCUT2D eigenvalue weighted by Crippen LogP contribution is -2.20. The molecule has 0 spiro atoms. The van der Waals surface area contributed by atoms with E-state index in [0.29, 0.717) is 12.4 Å². The number of hydrogen-bond donors (Lipinski definition) is 1. The number of likely N-dealkylation sites (N-methyl/N-ethyl adjacent to an activating group) is 1. The summed E-state index contributed by atoms with van der Waals surface area (Å²) in [6.45, 7) is 9.76. The molecule has 2 atom stereocenters. The summed E-state index contributed by atoms with van der Waals surface area (Å²) in [4.78, 5) is 2.12. The zero-order valence-electron chi connectivity index (χ0n) is 20.5. The molecule has 0 saturated carbocycles. The SMILES string of the molecule is COc1c(C)cc(C(c2cccc(OCCN(C)C)c2)C2C=C(C)C(O)=C(C)C2)cc1C. The monoisotopic (exact) mass is 435 g/mol. The van der Waals surface area contributed by atoms with Crippen LogP contribution < -0.4 is 9.47 Å². The van der Waals surface area contributed by atoms with Gasteiger partial charge in [0.2, 0.25) is 0 Å². The normalized spacial score (nSPS) is 17.4. The molecule has 0 bridgehead atoms. The van der Waals surface area contributed by atoms with Crippen LogP contribution in [0.2, 0.25) is 0 Å². The first-order valence-electron chi connectivity index (χ1n) is 11.3. The number of aryl methyl sites for hydroxylation is 2. The molecule has 4 nitrogen and oxygen atoms in total. The van der Waals surface area contributed by atoms with E-state index in [4.69, 9.17) is 9.47 Å². The molecular formula is C28H37NO3. The molecule has 1 aliphatic rings. The van der Waals surface area contributed by atoms with E-state index in [1.165, 1.54) is 11.1 Å². The minimum absolute atomic E-state index is 0.147. The predicted molar refractivity (Wildman–Crippen MR) is 132 cm³/mol. The molecular weight excluding hydrogens is 398 g/mol. The van der Waals surface area contributed by atoms with Crippen LogP contribution in [0.5, 0.6) is 11.5 Å². The van der Waals surface area contributed by atoms with Crippen LogP contribution in [0.15, 0.2) is 59.4 Å². The molecule has 0 radical (unpaired) electrons. The van der Waals surface area contributed by atoms with E-state index < -0.39 is 0 Å². The maximum absolute atomic E-state index is 10.4. The lowest BCUT2D eigenvalue weighted by atomic mass is 9.74. The minimum Gasteiger partial charge on any atom is -0.508 e. The number of aliphatic hydroxyl groups excluding tert-OH is 1. The second-order valence-electron chi connectivity index (χ2n) is 9.24. The molecule has 0 fully saturated rings. The van der Waals surface area contributed by atoms with Crippen LogP contribution >= 0.6 is 0 Å². The maximum Gasteiger partial charge on any atom is 0.124 e. The lowest BCUT2D eigenvalue weighted by molar-refractivity contribution is 0.261. The molecule has 1 N–H and O–H groups in total. The zero-order chi connectivity index (χ0) is 23.4. The Labute approximate surface area is 193 Å². The first-order valence-corrected chi connectivity index (χ1v) is 11.3. The fraction of sp³-hybridized carbons (Fsp3) is 0.429. The molecule has 0 aromatic heterocycles. The number of aliphatic hydroxyl groups is 1. The third-order valence-electron chi connectivity index (χ3n) is 6.28. The van der Waals surface area contributed by atoms with Crippen LogP contribution in [0.3, 0.4) is 0 Å². The second-order valence-corrected chi connectivity index (χ2v) is 9.24. The van der Waals surface area contributed by atoms with Crippen molar-refractivity contribution in [3.63, 3.8) is 0 Å². The average molecular weight is 436 g/mol. The van der Waals surface area contributed by atoms with E-state index >= 15 is 0 Å². The Bertz CT molecular complexity index is 996. The van der Waals surface area contributed by atoms with Crippen molar-refractivity contribution < 1.29 is 14.6 Å². The van der Waals surface area contributed by atoms with Gasteiger partial charge in [-0.05, 0) is 99.7 Å². The van der Waals surface area contributed by atoms with Gasteiger partial charge in [-0.25, -0.2) is 0 Å². The van der Waals surface area contributed by atoms with Crippen molar-refractivity contribution in [2.24, 2.45) is 5.92 Å². The summed E-state index contributed by atoms with van der Waals surface area (Å²) in [5.41, 5.74) is 6.74. The van der Waals surface area contributed by atoms with Gasteiger partial charge in [-0.2, -0.15) is 0 Å². The van der Waals surface area contributed by atoms with Crippen molar-refractivity contribution >= 4 is 0 Å². The van der Waals surface area contributed by atoms with Gasteiger partial charge in [0, 0.05) is 12.5 Å². The summed E-state index contributed by atoms with van der Waals surface area (Å²) < 4.78 is 11.7. The number of methoxy groups -OCH3 is 1. The van der Waals surface area contributed by atoms with Gasteiger partial charge < -0.3 is 19.5 Å². The van der Waals surface area contributed by atoms with Gasteiger partial charge in [-0.15, -0.1) is 0 Å². The van der Waals surface area contributed by atoms with Gasteiger partial charge in [0.05, 0.1) is 7.11 Å². The van der Waals surface area contributed by atoms with Crippen LogP contribution in [-0.4, -0.2) is 44.4 Å². The molecule has 0 amide bonds. The first-order chi connectivity index (χ1) is 15.2. The molecule has 4 heteroatoms. The fourth-order valence-electron chi connectivity index (χ4n) is 4.78. The van der Waals surface area contributed by atoms with Crippen LogP contribution in [0.1, 0.15) is 48.4 Å². The quantitative estimate of drug-likeness (QED) is 0.537. The van der Waals surface area contributed by atoms with Crippen LogP contribution in [-0.2, 0) is 0 Å². The van der Waals surface area contributed by atoms with Gasteiger partial charge >= 0.3 is 0 Å². The number of rotatable bonds is 8. The number of nitrogens with zero attached hydrogens (tertiary/aromatic N) is 1. The summed E-state index contributed by atoms with van der Waals surface area (Å²) in [6, 6.07) is 13.0. The van der Waals surface area contributed by atoms with E-state index in [2.05, 4.69) is 55.2 Å². The summed E-state index contributed by atoms with van der Waals surface area (Å²) in [5.74, 6) is 2.66. The second kappa shape index (κ2) is 10.3. The molecule has 1 aliphatic carbocycles. The first kappa shape index (κ1) is 23.9. The smallest absolute Gasteiger partial charge is 0.124 e. The number of ether oxygens (including phenoxy) is 2. The average Bonchev–Trinajstić information content (AvgIpc) is 2.72. The molecule has 3 rings (SSSR count). The Morgan fingerprint density at radius 1 is 1.03 bits per heavy atom. The highest BCUT2D eigenvalue weighted by atomic mass is 16.5. The Morgan fingerprint density at radius 2 is 1.72 bits per heavy atom. The summed E-state index contributed by atoms with van der Waals surface area (Å²) >= 11 is 0. The van der Waals surface area contributed by atoms with Crippen molar-refractivity contribution in [3.05, 3.63) is 81.6 Å². The van der Waals surface area contributed by atoms with E-state index in [1.54, 1.807) is 7.11 Å². The fourth-order valence-corrected chi connectivity index (χ4v) is 4.78. The van der Waals surface area contributed by atoms with Crippen molar-refractivity contribution in [2.75, 3.05) is 34.4 Å². The van der Waals surface area contributed by atoms with Crippen LogP contribution in [0.25, 0.3) is 0 Å². The highest BCUT2D eigenvalue weighted by Gasteiger charge is 2.29. The molecule has 0 saturated heterocycles. The summed E-state index contributed by atoms with van der Waals surface area (Å²) in [5, 5.41) is 10.4. The highest BCUT2D eigenvalue weighted by Crippen LogP contribution is 2.43. The molecule has 172 valence electrons. The number of allylic oxidation sites excluding steroid dienone is 3. The lowest BCUT2D eigenvalue weighted by Gasteiger charge is -2.31. The van der Waals surface area contributed by atoms with E-state index in [1.807, 2.05) is 34.0 Å². The van der Waals surface area contributed by atoms with Crippen molar-refractivity contribution in [1.82, 2.24) is 4.90 Å². The van der Waals surface area contributed by atoms with E-state index in [-0.39, 0.29) is 11.8 Å². The highest BCUT2D eigenvalue weighted by molar-refractivity contribution is 5.49. The molecule has 2 aromatic rings. The molecule has 2 unspecified atom stereocenters. The Morgan fingerprint density at radius 3 is 2.31 bits per heavy atom. The van der Waals surface area contributed by atoms with Crippen LogP contribution in [0, 0.1) is 19.8 Å². The molecule has 0 aliphatic heterocycles. The van der Waals surface area contributed by atoms with E-state index in [0.717, 1.165) is 46.7 Å². The maximum atomic E-state index is 10.4. The van der Waals surface area contributed by atoms with Crippen molar-refractivity contribution in [2.45, 2.75) is 40.0 Å². The van der Waals surface area contributed by atoms with Gasteiger partial charge in [-0.1, -0.05) is 30.3 Å². The largest absolute Gasteiger partial charge is 0.508 e. The summed E-state index contributed by atoms with van der Waals surface area (Å²) in [6.07, 6.45) is 3.05. The standard InChI is InChI=1S/C28H37NO3/c1-18-13-23(14-19(2)27(18)30)26(24-15-20(3)28(31-7)21(4)16-24)22-9-8-10-25(17-22)32-12-11-29(5)6/h8-10,13,15-17,23,26,30H,11-12,14H2,1-7H3. The topological polar surface area (TPSA) is 41.9 Å². The minimum atomic E-state index is 0.147. The number of hydrogen-bond acceptors (Lipinski definition) is 4. The Balaban J connectivity index is 2.05. The zero-order valence-corrected chi connectivity index (χ0v) is 20.5. The molecule has 32 heavy (non-hydrogen) atoms. The van der Waals surface area contributed by atoms with Crippen molar-refractivity contribution in [1.29, 1.82) is 0 Å². The van der Waals surface area contributed by atoms with Gasteiger partial charge in [0.25, 0.3) is 0 Å². The Hall–Kier alpha value is -2.72. The predicted octanol–water partition coefficient (Wildman–Crippen LogP) is 6.18. The van der Waals surface area contributed by atoms with Gasteiger partial charge in [0.1, 0.15) is 23.9 Å². The Kier molecular flexibility index (Phi) is 7.68. The summed E-state index contributed by atoms with van der Waals surface area (Å²) in [7, 11) is 5.82. The third-order valence-corrected chi connectivity index (χ3v) is 6.28. The van der Waals surface area contributed by atoms with E-state index in [9.17, 15) is 5.11 Å². The van der Waals surface area contributed by atoms with Gasteiger partial charge in [0.15, 0.2) is 0 Å². The van der Waals surface area contributed by atoms with Crippen LogP contribution in [0.4, 0.5) is 0 Å². The van der Waals surface area contributed by atoms with Gasteiger partial charge in [-0.3, -0.25) is 0 Å². The number of benzene rings is 2.